The smallest absolute Gasteiger partial charge is 0.0776 e. The lowest BCUT2D eigenvalue weighted by molar-refractivity contribution is 0.0385. The maximum absolute atomic E-state index is 5.74. The minimum absolute atomic E-state index is 0.259. The molecule has 1 fully saturated rings. The van der Waals surface area contributed by atoms with E-state index in [0.29, 0.717) is 12.6 Å². The van der Waals surface area contributed by atoms with Crippen LogP contribution >= 0.6 is 22.6 Å². The average molecular weight is 307 g/mol. The lowest BCUT2D eigenvalue weighted by Crippen LogP contribution is -2.22. The third kappa shape index (κ3) is 2.46. The molecule has 2 unspecified atom stereocenters. The third-order valence-electron chi connectivity index (χ3n) is 2.45. The van der Waals surface area contributed by atoms with Crippen LogP contribution in [0.25, 0.3) is 0 Å². The average Bonchev–Trinajstić information content (AvgIpc) is 2.76. The summed E-state index contributed by atoms with van der Waals surface area (Å²) >= 11 is 2.25. The highest BCUT2D eigenvalue weighted by Gasteiger charge is 2.24. The molecule has 0 amide bonds. The Labute approximate surface area is 96.9 Å². The van der Waals surface area contributed by atoms with Gasteiger partial charge in [0, 0.05) is 12.7 Å². The number of rotatable bonds is 3. The number of nitrogens with zero attached hydrogens (tertiary/aromatic N) is 2. The van der Waals surface area contributed by atoms with Crippen LogP contribution in [0.4, 0.5) is 0 Å². The van der Waals surface area contributed by atoms with Gasteiger partial charge in [-0.1, -0.05) is 0 Å². The molecule has 1 saturated heterocycles. The first-order chi connectivity index (χ1) is 6.78. The van der Waals surface area contributed by atoms with Crippen LogP contribution < -0.4 is 5.73 Å². The van der Waals surface area contributed by atoms with E-state index in [9.17, 15) is 0 Å². The second kappa shape index (κ2) is 4.59. The van der Waals surface area contributed by atoms with Gasteiger partial charge in [0.1, 0.15) is 0 Å². The number of halogens is 1. The molecule has 0 saturated carbocycles. The zero-order chi connectivity index (χ0) is 9.97. The summed E-state index contributed by atoms with van der Waals surface area (Å²) in [6.45, 7) is 1.48. The standard InChI is InChI=1S/C9H14IN3O/c10-7-4-12-13(5-7)6-9-2-1-8(3-11)14-9/h4-5,8-9H,1-3,6,11H2. The molecule has 1 aliphatic heterocycles. The monoisotopic (exact) mass is 307 g/mol. The van der Waals surface area contributed by atoms with Crippen molar-refractivity contribution in [2.45, 2.75) is 31.6 Å². The fourth-order valence-electron chi connectivity index (χ4n) is 1.73. The maximum Gasteiger partial charge on any atom is 0.0776 e. The molecule has 1 aromatic heterocycles. The summed E-state index contributed by atoms with van der Waals surface area (Å²) in [5.41, 5.74) is 5.54. The van der Waals surface area contributed by atoms with Crippen LogP contribution in [-0.4, -0.2) is 28.5 Å². The van der Waals surface area contributed by atoms with E-state index in [1.165, 1.54) is 0 Å². The van der Waals surface area contributed by atoms with Gasteiger partial charge in [0.15, 0.2) is 0 Å². The molecule has 5 heteroatoms. The van der Waals surface area contributed by atoms with Gasteiger partial charge >= 0.3 is 0 Å². The minimum atomic E-state index is 0.259. The first-order valence-corrected chi connectivity index (χ1v) is 5.89. The largest absolute Gasteiger partial charge is 0.372 e. The Morgan fingerprint density at radius 3 is 2.93 bits per heavy atom. The van der Waals surface area contributed by atoms with Gasteiger partial charge in [-0.05, 0) is 35.4 Å². The Morgan fingerprint density at radius 2 is 2.36 bits per heavy atom. The zero-order valence-electron chi connectivity index (χ0n) is 7.90. The van der Waals surface area contributed by atoms with Crippen molar-refractivity contribution in [2.75, 3.05) is 6.54 Å². The Morgan fingerprint density at radius 1 is 1.57 bits per heavy atom. The second-order valence-electron chi connectivity index (χ2n) is 3.57. The third-order valence-corrected chi connectivity index (χ3v) is 3.01. The summed E-state index contributed by atoms with van der Waals surface area (Å²) in [4.78, 5) is 0. The molecule has 4 nitrogen and oxygen atoms in total. The van der Waals surface area contributed by atoms with Crippen molar-refractivity contribution >= 4 is 22.6 Å². The SMILES string of the molecule is NCC1CCC(Cn2cc(I)cn2)O1. The predicted molar refractivity (Wildman–Crippen MR) is 61.9 cm³/mol. The van der Waals surface area contributed by atoms with Crippen molar-refractivity contribution < 1.29 is 4.74 Å². The van der Waals surface area contributed by atoms with E-state index < -0.39 is 0 Å². The van der Waals surface area contributed by atoms with Crippen LogP contribution in [0.5, 0.6) is 0 Å². The molecular weight excluding hydrogens is 293 g/mol. The van der Waals surface area contributed by atoms with Gasteiger partial charge in [-0.2, -0.15) is 5.10 Å². The fraction of sp³-hybridized carbons (Fsp3) is 0.667. The number of hydrogen-bond acceptors (Lipinski definition) is 3. The molecule has 2 rings (SSSR count). The first kappa shape index (κ1) is 10.4. The van der Waals surface area contributed by atoms with Crippen LogP contribution in [-0.2, 0) is 11.3 Å². The van der Waals surface area contributed by atoms with Gasteiger partial charge < -0.3 is 10.5 Å². The Bertz CT molecular complexity index is 302. The Balaban J connectivity index is 1.87. The van der Waals surface area contributed by atoms with Crippen molar-refractivity contribution in [1.82, 2.24) is 9.78 Å². The van der Waals surface area contributed by atoms with E-state index in [0.717, 1.165) is 23.0 Å². The van der Waals surface area contributed by atoms with Gasteiger partial charge in [0.05, 0.1) is 28.5 Å². The van der Waals surface area contributed by atoms with Crippen LogP contribution in [0.2, 0.25) is 0 Å². The molecule has 0 aliphatic carbocycles. The lowest BCUT2D eigenvalue weighted by atomic mass is 10.2. The molecule has 0 spiro atoms. The van der Waals surface area contributed by atoms with Gasteiger partial charge in [0.2, 0.25) is 0 Å². The van der Waals surface area contributed by atoms with Crippen LogP contribution in [0.15, 0.2) is 12.4 Å². The van der Waals surface area contributed by atoms with Crippen LogP contribution in [0, 0.1) is 3.57 Å². The first-order valence-electron chi connectivity index (χ1n) is 4.81. The highest BCUT2D eigenvalue weighted by molar-refractivity contribution is 14.1. The molecule has 0 aromatic carbocycles. The zero-order valence-corrected chi connectivity index (χ0v) is 10.1. The van der Waals surface area contributed by atoms with Crippen molar-refractivity contribution in [1.29, 1.82) is 0 Å². The van der Waals surface area contributed by atoms with E-state index >= 15 is 0 Å². The van der Waals surface area contributed by atoms with Gasteiger partial charge in [-0.3, -0.25) is 4.68 Å². The molecular formula is C9H14IN3O. The van der Waals surface area contributed by atoms with Crippen molar-refractivity contribution in [3.05, 3.63) is 16.0 Å². The number of aromatic nitrogens is 2. The van der Waals surface area contributed by atoms with Gasteiger partial charge in [-0.25, -0.2) is 0 Å². The summed E-state index contributed by atoms with van der Waals surface area (Å²) in [7, 11) is 0. The summed E-state index contributed by atoms with van der Waals surface area (Å²) < 4.78 is 8.83. The normalized spacial score (nSPS) is 27.0. The van der Waals surface area contributed by atoms with Crippen LogP contribution in [0.1, 0.15) is 12.8 Å². The topological polar surface area (TPSA) is 53.1 Å². The second-order valence-corrected chi connectivity index (χ2v) is 4.82. The molecule has 2 heterocycles. The van der Waals surface area contributed by atoms with Crippen molar-refractivity contribution in [3.63, 3.8) is 0 Å². The fourth-order valence-corrected chi connectivity index (χ4v) is 2.18. The predicted octanol–water partition coefficient (Wildman–Crippen LogP) is 0.994. The number of nitrogens with two attached hydrogens (primary N) is 1. The maximum atomic E-state index is 5.74. The van der Waals surface area contributed by atoms with Crippen molar-refractivity contribution in [2.24, 2.45) is 5.73 Å². The highest BCUT2D eigenvalue weighted by Crippen LogP contribution is 2.20. The van der Waals surface area contributed by atoms with Gasteiger partial charge in [-0.15, -0.1) is 0 Å². The van der Waals surface area contributed by atoms with E-state index in [1.807, 2.05) is 17.1 Å². The van der Waals surface area contributed by atoms with E-state index in [1.54, 1.807) is 0 Å². The molecule has 2 N–H and O–H groups in total. The highest BCUT2D eigenvalue weighted by atomic mass is 127. The minimum Gasteiger partial charge on any atom is -0.372 e. The molecule has 2 atom stereocenters. The number of ether oxygens (including phenoxy) is 1. The molecule has 78 valence electrons. The van der Waals surface area contributed by atoms with E-state index in [4.69, 9.17) is 10.5 Å². The molecule has 1 aromatic rings. The Kier molecular flexibility index (Phi) is 3.40. The van der Waals surface area contributed by atoms with Crippen molar-refractivity contribution in [3.8, 4) is 0 Å². The number of hydrogen-bond donors (Lipinski definition) is 1. The van der Waals surface area contributed by atoms with Crippen LogP contribution in [0.3, 0.4) is 0 Å². The molecule has 0 radical (unpaired) electrons. The molecule has 14 heavy (non-hydrogen) atoms. The lowest BCUT2D eigenvalue weighted by Gasteiger charge is -2.11. The quantitative estimate of drug-likeness (QED) is 0.848. The summed E-state index contributed by atoms with van der Waals surface area (Å²) in [5.74, 6) is 0. The molecule has 0 bridgehead atoms. The molecule has 1 aliphatic rings. The van der Waals surface area contributed by atoms with E-state index in [-0.39, 0.29) is 6.10 Å². The van der Waals surface area contributed by atoms with Gasteiger partial charge in [0.25, 0.3) is 0 Å². The summed E-state index contributed by atoms with van der Waals surface area (Å²) in [6.07, 6.45) is 6.61. The Hall–Kier alpha value is -0.140. The summed E-state index contributed by atoms with van der Waals surface area (Å²) in [5, 5.41) is 4.23. The van der Waals surface area contributed by atoms with E-state index in [2.05, 4.69) is 27.7 Å². The summed E-state index contributed by atoms with van der Waals surface area (Å²) in [6, 6.07) is 0.